The van der Waals surface area contributed by atoms with Crippen LogP contribution in [0.25, 0.3) is 0 Å². The van der Waals surface area contributed by atoms with E-state index < -0.39 is 35.6 Å². The van der Waals surface area contributed by atoms with Gasteiger partial charge in [0, 0.05) is 25.7 Å². The monoisotopic (exact) mass is 390 g/mol. The molecule has 5 atom stereocenters. The van der Waals surface area contributed by atoms with Crippen LogP contribution in [0.3, 0.4) is 0 Å². The van der Waals surface area contributed by atoms with Crippen LogP contribution in [0, 0.1) is 11.8 Å². The molecular weight excluding hydrogens is 364 g/mol. The van der Waals surface area contributed by atoms with E-state index >= 15 is 0 Å². The summed E-state index contributed by atoms with van der Waals surface area (Å²) in [5.41, 5.74) is -1.21. The zero-order valence-electron chi connectivity index (χ0n) is 16.1. The summed E-state index contributed by atoms with van der Waals surface area (Å²) in [7, 11) is 0. The average molecular weight is 390 g/mol. The minimum atomic E-state index is -1.21. The Balaban J connectivity index is 1.82. The predicted molar refractivity (Wildman–Crippen MR) is 97.9 cm³/mol. The Labute approximate surface area is 163 Å². The number of aliphatic hydroxyl groups excluding tert-OH is 1. The molecule has 0 aliphatic carbocycles. The molecule has 0 aromatic rings. The molecule has 2 fully saturated rings. The van der Waals surface area contributed by atoms with Crippen LogP contribution in [0.2, 0.25) is 0 Å². The summed E-state index contributed by atoms with van der Waals surface area (Å²) in [5, 5.41) is 9.28. The van der Waals surface area contributed by atoms with Crippen molar-refractivity contribution in [3.8, 4) is 0 Å². The second-order valence-corrected chi connectivity index (χ2v) is 8.00. The first-order valence-electron chi connectivity index (χ1n) is 9.83. The van der Waals surface area contributed by atoms with E-state index in [9.17, 15) is 19.5 Å². The van der Waals surface area contributed by atoms with Gasteiger partial charge in [0.15, 0.2) is 0 Å². The second kappa shape index (κ2) is 7.00. The predicted octanol–water partition coefficient (Wildman–Crippen LogP) is -0.131. The summed E-state index contributed by atoms with van der Waals surface area (Å²) in [6.07, 6.45) is 6.88. The number of amides is 2. The van der Waals surface area contributed by atoms with Crippen molar-refractivity contribution >= 4 is 17.8 Å². The first-order valence-corrected chi connectivity index (χ1v) is 9.83. The lowest BCUT2D eigenvalue weighted by molar-refractivity contribution is -0.153. The molecule has 0 aromatic carbocycles. The maximum Gasteiger partial charge on any atom is 0.313 e. The van der Waals surface area contributed by atoms with E-state index in [1.807, 2.05) is 19.9 Å². The number of ether oxygens (including phenoxy) is 2. The molecule has 2 amide bonds. The van der Waals surface area contributed by atoms with Gasteiger partial charge in [-0.25, -0.2) is 0 Å². The number of hydrogen-bond acceptors (Lipinski definition) is 6. The molecule has 2 saturated heterocycles. The molecule has 0 bridgehead atoms. The summed E-state index contributed by atoms with van der Waals surface area (Å²) in [4.78, 5) is 42.8. The molecular formula is C20H26N2O6. The Morgan fingerprint density at radius 2 is 2.04 bits per heavy atom. The van der Waals surface area contributed by atoms with Crippen LogP contribution in [-0.2, 0) is 23.9 Å². The number of carbonyl (C=O) groups excluding carboxylic acids is 3. The maximum absolute atomic E-state index is 13.5. The van der Waals surface area contributed by atoms with Crippen LogP contribution in [0.15, 0.2) is 24.3 Å². The van der Waals surface area contributed by atoms with Crippen LogP contribution in [0.4, 0.5) is 0 Å². The Kier molecular flexibility index (Phi) is 4.79. The number of aliphatic hydroxyl groups is 1. The number of carbonyl (C=O) groups is 3. The van der Waals surface area contributed by atoms with Gasteiger partial charge in [0.2, 0.25) is 11.8 Å². The van der Waals surface area contributed by atoms with Gasteiger partial charge in [-0.3, -0.25) is 14.4 Å². The third kappa shape index (κ3) is 2.62. The molecule has 4 heterocycles. The lowest BCUT2D eigenvalue weighted by Crippen LogP contribution is -2.56. The largest absolute Gasteiger partial charge is 0.461 e. The quantitative estimate of drug-likeness (QED) is 0.531. The van der Waals surface area contributed by atoms with Crippen LogP contribution in [0.1, 0.15) is 20.3 Å². The third-order valence-electron chi connectivity index (χ3n) is 6.13. The minimum Gasteiger partial charge on any atom is -0.461 e. The van der Waals surface area contributed by atoms with Crippen molar-refractivity contribution < 1.29 is 29.0 Å². The molecule has 1 N–H and O–H groups in total. The molecule has 4 aliphatic rings. The van der Waals surface area contributed by atoms with Crippen molar-refractivity contribution in [2.45, 2.75) is 44.1 Å². The molecule has 28 heavy (non-hydrogen) atoms. The van der Waals surface area contributed by atoms with Crippen LogP contribution in [0.5, 0.6) is 0 Å². The number of hydrogen-bond donors (Lipinski definition) is 1. The zero-order valence-corrected chi connectivity index (χ0v) is 16.1. The van der Waals surface area contributed by atoms with Gasteiger partial charge in [0.05, 0.1) is 12.0 Å². The summed E-state index contributed by atoms with van der Waals surface area (Å²) < 4.78 is 11.6. The fraction of sp³-hybridized carbons (Fsp3) is 0.650. The highest BCUT2D eigenvalue weighted by Gasteiger charge is 2.71. The highest BCUT2D eigenvalue weighted by molar-refractivity contribution is 5.99. The van der Waals surface area contributed by atoms with Gasteiger partial charge < -0.3 is 24.4 Å². The number of likely N-dealkylation sites (tertiary alicyclic amines) is 1. The minimum absolute atomic E-state index is 0.0436. The first kappa shape index (κ1) is 19.1. The fourth-order valence-electron chi connectivity index (χ4n) is 4.93. The van der Waals surface area contributed by atoms with E-state index in [4.69, 9.17) is 9.47 Å². The van der Waals surface area contributed by atoms with Gasteiger partial charge in [-0.15, -0.1) is 0 Å². The van der Waals surface area contributed by atoms with E-state index in [1.165, 1.54) is 4.90 Å². The SMILES string of the molecule is CC(C)N1CC=C[C@]23O[C@H]4C=CCOC(=O)[C@H]4[C@H]2C(=O)N(CCCO)C3C1=O. The average Bonchev–Trinajstić information content (AvgIpc) is 2.94. The van der Waals surface area contributed by atoms with Crippen molar-refractivity contribution in [2.75, 3.05) is 26.3 Å². The maximum atomic E-state index is 13.5. The number of cyclic esters (lactones) is 1. The Morgan fingerprint density at radius 1 is 1.25 bits per heavy atom. The number of esters is 1. The molecule has 8 heteroatoms. The van der Waals surface area contributed by atoms with Crippen molar-refractivity contribution in [3.63, 3.8) is 0 Å². The number of fused-ring (bicyclic) bond motifs is 2. The van der Waals surface area contributed by atoms with Gasteiger partial charge in [0.1, 0.15) is 24.2 Å². The molecule has 1 spiro atoms. The zero-order chi connectivity index (χ0) is 20.1. The summed E-state index contributed by atoms with van der Waals surface area (Å²) in [6.45, 7) is 4.56. The highest BCUT2D eigenvalue weighted by atomic mass is 16.6. The van der Waals surface area contributed by atoms with Crippen LogP contribution in [-0.4, -0.2) is 82.8 Å². The standard InChI is InChI=1S/C20H26N2O6/c1-12(2)21-8-4-7-20-15(14-13(28-20)6-3-11-27-19(14)26)17(24)22(9-5-10-23)16(20)18(21)25/h3-4,6-7,12-16,23H,5,8-11H2,1-2H3/t13-,14+,15-,16?,20-/m0/s1. The Morgan fingerprint density at radius 3 is 2.75 bits per heavy atom. The van der Waals surface area contributed by atoms with Crippen molar-refractivity contribution in [1.82, 2.24) is 9.80 Å². The normalized spacial score (nSPS) is 36.9. The van der Waals surface area contributed by atoms with Crippen LogP contribution >= 0.6 is 0 Å². The van der Waals surface area contributed by atoms with E-state index in [1.54, 1.807) is 23.1 Å². The summed E-state index contributed by atoms with van der Waals surface area (Å²) in [5.74, 6) is -2.55. The molecule has 4 rings (SSSR count). The van der Waals surface area contributed by atoms with Crippen molar-refractivity contribution in [1.29, 1.82) is 0 Å². The first-order chi connectivity index (χ1) is 13.4. The van der Waals surface area contributed by atoms with Gasteiger partial charge in [0.25, 0.3) is 0 Å². The lowest BCUT2D eigenvalue weighted by Gasteiger charge is -2.36. The molecule has 0 aromatic heterocycles. The molecule has 0 saturated carbocycles. The topological polar surface area (TPSA) is 96.4 Å². The summed E-state index contributed by atoms with van der Waals surface area (Å²) in [6, 6.07) is -0.899. The molecule has 1 unspecified atom stereocenters. The molecule has 152 valence electrons. The van der Waals surface area contributed by atoms with Gasteiger partial charge in [-0.05, 0) is 26.3 Å². The smallest absolute Gasteiger partial charge is 0.313 e. The van der Waals surface area contributed by atoms with Crippen molar-refractivity contribution in [2.24, 2.45) is 11.8 Å². The lowest BCUT2D eigenvalue weighted by atomic mass is 9.78. The summed E-state index contributed by atoms with van der Waals surface area (Å²) >= 11 is 0. The van der Waals surface area contributed by atoms with E-state index in [0.29, 0.717) is 13.0 Å². The fourth-order valence-corrected chi connectivity index (χ4v) is 4.93. The van der Waals surface area contributed by atoms with E-state index in [2.05, 4.69) is 0 Å². The van der Waals surface area contributed by atoms with Gasteiger partial charge in [-0.2, -0.15) is 0 Å². The Hall–Kier alpha value is -2.19. The Bertz CT molecular complexity index is 747. The van der Waals surface area contributed by atoms with E-state index in [-0.39, 0.29) is 37.6 Å². The molecule has 4 aliphatic heterocycles. The van der Waals surface area contributed by atoms with Gasteiger partial charge >= 0.3 is 5.97 Å². The molecule has 0 radical (unpaired) electrons. The number of nitrogens with zero attached hydrogens (tertiary/aromatic N) is 2. The van der Waals surface area contributed by atoms with Gasteiger partial charge in [-0.1, -0.05) is 18.2 Å². The second-order valence-electron chi connectivity index (χ2n) is 8.00. The third-order valence-corrected chi connectivity index (χ3v) is 6.13. The van der Waals surface area contributed by atoms with E-state index in [0.717, 1.165) is 0 Å². The molecule has 8 nitrogen and oxygen atoms in total. The van der Waals surface area contributed by atoms with Crippen molar-refractivity contribution in [3.05, 3.63) is 24.3 Å². The van der Waals surface area contributed by atoms with Crippen LogP contribution < -0.4 is 0 Å². The highest BCUT2D eigenvalue weighted by Crippen LogP contribution is 2.53. The number of rotatable bonds is 4.